The summed E-state index contributed by atoms with van der Waals surface area (Å²) in [4.78, 5) is 16.6. The Kier molecular flexibility index (Phi) is 3.95. The van der Waals surface area contributed by atoms with E-state index in [2.05, 4.69) is 4.90 Å². The molecule has 114 valence electrons. The minimum atomic E-state index is -0.437. The van der Waals surface area contributed by atoms with Gasteiger partial charge in [0.05, 0.1) is 12.2 Å². The van der Waals surface area contributed by atoms with Crippen LogP contribution in [-0.4, -0.2) is 61.1 Å². The molecule has 3 rings (SSSR count). The first kappa shape index (κ1) is 14.5. The highest BCUT2D eigenvalue weighted by molar-refractivity contribution is 5.94. The molecular weight excluding hydrogens is 271 g/mol. The fourth-order valence-corrected chi connectivity index (χ4v) is 3.43. The zero-order valence-electron chi connectivity index (χ0n) is 12.3. The largest absolute Gasteiger partial charge is 0.383 e. The predicted octanol–water partition coefficient (Wildman–Crippen LogP) is 1.76. The van der Waals surface area contributed by atoms with Crippen LogP contribution in [0.3, 0.4) is 0 Å². The van der Waals surface area contributed by atoms with Crippen LogP contribution in [0, 0.1) is 5.82 Å². The normalized spacial score (nSPS) is 25.3. The van der Waals surface area contributed by atoms with E-state index in [9.17, 15) is 9.18 Å². The van der Waals surface area contributed by atoms with Crippen molar-refractivity contribution in [1.29, 1.82) is 0 Å². The highest BCUT2D eigenvalue weighted by Crippen LogP contribution is 2.39. The lowest BCUT2D eigenvalue weighted by Gasteiger charge is -2.50. The van der Waals surface area contributed by atoms with E-state index in [1.807, 2.05) is 0 Å². The van der Waals surface area contributed by atoms with Gasteiger partial charge in [-0.2, -0.15) is 0 Å². The Balaban J connectivity index is 1.67. The Morgan fingerprint density at radius 1 is 1.33 bits per heavy atom. The first-order valence-electron chi connectivity index (χ1n) is 7.44. The Labute approximate surface area is 124 Å². The van der Waals surface area contributed by atoms with E-state index in [0.29, 0.717) is 19.7 Å². The number of nitrogens with zero attached hydrogens (tertiary/aromatic N) is 2. The first-order valence-corrected chi connectivity index (χ1v) is 7.44. The number of benzene rings is 1. The Morgan fingerprint density at radius 2 is 2.10 bits per heavy atom. The number of methoxy groups -OCH3 is 1. The smallest absolute Gasteiger partial charge is 0.256 e. The second-order valence-electron chi connectivity index (χ2n) is 5.91. The highest BCUT2D eigenvalue weighted by Gasteiger charge is 2.49. The van der Waals surface area contributed by atoms with Gasteiger partial charge < -0.3 is 9.64 Å². The number of rotatable bonds is 4. The molecule has 2 aliphatic rings. The number of ether oxygens (including phenoxy) is 1. The number of carbonyl (C=O) groups is 1. The van der Waals surface area contributed by atoms with Crippen LogP contribution in [0.5, 0.6) is 0 Å². The molecule has 0 saturated carbocycles. The molecule has 0 bridgehead atoms. The summed E-state index contributed by atoms with van der Waals surface area (Å²) in [6, 6.07) is 6.21. The summed E-state index contributed by atoms with van der Waals surface area (Å²) in [5.74, 6) is -0.628. The van der Waals surface area contributed by atoms with Gasteiger partial charge in [0.1, 0.15) is 5.82 Å². The third kappa shape index (κ3) is 2.56. The summed E-state index contributed by atoms with van der Waals surface area (Å²) in [5, 5.41) is 0. The molecule has 1 amide bonds. The highest BCUT2D eigenvalue weighted by atomic mass is 19.1. The molecule has 0 aliphatic carbocycles. The maximum atomic E-state index is 13.8. The molecule has 21 heavy (non-hydrogen) atoms. The van der Waals surface area contributed by atoms with Crippen LogP contribution in [0.15, 0.2) is 24.3 Å². The van der Waals surface area contributed by atoms with Crippen LogP contribution in [-0.2, 0) is 4.74 Å². The number of carbonyl (C=O) groups excluding carboxylic acids is 1. The number of amides is 1. The lowest BCUT2D eigenvalue weighted by Crippen LogP contribution is -2.62. The molecular formula is C16H21FN2O2. The lowest BCUT2D eigenvalue weighted by molar-refractivity contribution is -0.0213. The molecule has 0 unspecified atom stereocenters. The van der Waals surface area contributed by atoms with Crippen LogP contribution < -0.4 is 0 Å². The molecule has 4 nitrogen and oxygen atoms in total. The number of hydrogen-bond donors (Lipinski definition) is 0. The standard InChI is InChI=1S/C16H21FN2O2/c1-21-11-10-19-9-7-16(19)6-8-18(12-16)15(20)13-4-2-3-5-14(13)17/h2-5H,6-12H2,1H3/t16-/m0/s1. The molecule has 2 saturated heterocycles. The summed E-state index contributed by atoms with van der Waals surface area (Å²) >= 11 is 0. The van der Waals surface area contributed by atoms with Crippen LogP contribution in [0.25, 0.3) is 0 Å². The molecule has 2 aliphatic heterocycles. The van der Waals surface area contributed by atoms with E-state index < -0.39 is 5.82 Å². The fourth-order valence-electron chi connectivity index (χ4n) is 3.43. The summed E-state index contributed by atoms with van der Waals surface area (Å²) in [7, 11) is 1.70. The van der Waals surface area contributed by atoms with Gasteiger partial charge in [-0.1, -0.05) is 12.1 Å². The van der Waals surface area contributed by atoms with Crippen molar-refractivity contribution in [3.05, 3.63) is 35.6 Å². The average Bonchev–Trinajstić information content (AvgIpc) is 2.94. The van der Waals surface area contributed by atoms with Crippen molar-refractivity contribution in [3.63, 3.8) is 0 Å². The Morgan fingerprint density at radius 3 is 2.76 bits per heavy atom. The van der Waals surface area contributed by atoms with Gasteiger partial charge in [-0.25, -0.2) is 4.39 Å². The van der Waals surface area contributed by atoms with Crippen molar-refractivity contribution in [2.45, 2.75) is 18.4 Å². The van der Waals surface area contributed by atoms with Gasteiger partial charge in [-0.05, 0) is 25.0 Å². The van der Waals surface area contributed by atoms with Crippen molar-refractivity contribution >= 4 is 5.91 Å². The van der Waals surface area contributed by atoms with E-state index in [0.717, 1.165) is 25.9 Å². The molecule has 2 heterocycles. The van der Waals surface area contributed by atoms with E-state index in [4.69, 9.17) is 4.74 Å². The van der Waals surface area contributed by atoms with E-state index in [1.54, 1.807) is 30.2 Å². The van der Waals surface area contributed by atoms with E-state index >= 15 is 0 Å². The molecule has 0 N–H and O–H groups in total. The van der Waals surface area contributed by atoms with Gasteiger partial charge in [0.25, 0.3) is 5.91 Å². The number of halogens is 1. The van der Waals surface area contributed by atoms with Crippen LogP contribution >= 0.6 is 0 Å². The predicted molar refractivity (Wildman–Crippen MR) is 77.7 cm³/mol. The Hall–Kier alpha value is -1.46. The zero-order valence-corrected chi connectivity index (χ0v) is 12.3. The molecule has 1 aromatic rings. The average molecular weight is 292 g/mol. The molecule has 2 fully saturated rings. The van der Waals surface area contributed by atoms with Crippen molar-refractivity contribution < 1.29 is 13.9 Å². The SMILES string of the molecule is COCCN1CC[C@]12CCN(C(=O)c1ccccc1F)C2. The van der Waals surface area contributed by atoms with Crippen LogP contribution in [0.4, 0.5) is 4.39 Å². The van der Waals surface area contributed by atoms with Crippen LogP contribution in [0.1, 0.15) is 23.2 Å². The minimum absolute atomic E-state index is 0.0967. The Bertz CT molecular complexity index is 537. The maximum absolute atomic E-state index is 13.8. The molecule has 1 atom stereocenters. The zero-order chi connectivity index (χ0) is 14.9. The van der Waals surface area contributed by atoms with Gasteiger partial charge >= 0.3 is 0 Å². The minimum Gasteiger partial charge on any atom is -0.383 e. The molecule has 1 spiro atoms. The number of likely N-dealkylation sites (tertiary alicyclic amines) is 2. The fraction of sp³-hybridized carbons (Fsp3) is 0.562. The quantitative estimate of drug-likeness (QED) is 0.848. The molecule has 0 aromatic heterocycles. The monoisotopic (exact) mass is 292 g/mol. The van der Waals surface area contributed by atoms with Gasteiger partial charge in [-0.3, -0.25) is 9.69 Å². The van der Waals surface area contributed by atoms with Crippen molar-refractivity contribution in [3.8, 4) is 0 Å². The van der Waals surface area contributed by atoms with Crippen LogP contribution in [0.2, 0.25) is 0 Å². The second-order valence-corrected chi connectivity index (χ2v) is 5.91. The van der Waals surface area contributed by atoms with Gasteiger partial charge in [-0.15, -0.1) is 0 Å². The third-order valence-electron chi connectivity index (χ3n) is 4.81. The van der Waals surface area contributed by atoms with Crippen molar-refractivity contribution in [2.24, 2.45) is 0 Å². The maximum Gasteiger partial charge on any atom is 0.256 e. The summed E-state index contributed by atoms with van der Waals surface area (Å²) in [5.41, 5.74) is 0.275. The van der Waals surface area contributed by atoms with Crippen molar-refractivity contribution in [2.75, 3.05) is 39.9 Å². The van der Waals surface area contributed by atoms with Gasteiger partial charge in [0, 0.05) is 38.8 Å². The molecule has 5 heteroatoms. The van der Waals surface area contributed by atoms with E-state index in [1.165, 1.54) is 6.07 Å². The second kappa shape index (κ2) is 5.73. The summed E-state index contributed by atoms with van der Waals surface area (Å²) < 4.78 is 18.9. The molecule has 0 radical (unpaired) electrons. The van der Waals surface area contributed by atoms with Gasteiger partial charge in [0.2, 0.25) is 0 Å². The van der Waals surface area contributed by atoms with E-state index in [-0.39, 0.29) is 17.0 Å². The number of hydrogen-bond acceptors (Lipinski definition) is 3. The summed E-state index contributed by atoms with van der Waals surface area (Å²) in [6.07, 6.45) is 2.08. The lowest BCUT2D eigenvalue weighted by atomic mass is 9.84. The molecule has 1 aromatic carbocycles. The van der Waals surface area contributed by atoms with Gasteiger partial charge in [0.15, 0.2) is 0 Å². The summed E-state index contributed by atoms with van der Waals surface area (Å²) in [6.45, 7) is 4.08. The topological polar surface area (TPSA) is 32.8 Å². The first-order chi connectivity index (χ1) is 10.2. The third-order valence-corrected chi connectivity index (χ3v) is 4.81. The van der Waals surface area contributed by atoms with Crippen molar-refractivity contribution in [1.82, 2.24) is 9.80 Å².